The van der Waals surface area contributed by atoms with Gasteiger partial charge in [0.25, 0.3) is 0 Å². The highest BCUT2D eigenvalue weighted by Gasteiger charge is 2.36. The normalized spacial score (nSPS) is 15.6. The minimum atomic E-state index is -1.85. The summed E-state index contributed by atoms with van der Waals surface area (Å²) in [5.74, 6) is -2.37. The molecule has 1 atom stereocenters. The highest BCUT2D eigenvalue weighted by molar-refractivity contribution is 6.67. The number of nitrogens with zero attached hydrogens (tertiary/aromatic N) is 2. The minimum Gasteiger partial charge on any atom is -0.460 e. The van der Waals surface area contributed by atoms with Crippen molar-refractivity contribution in [2.75, 3.05) is 18.5 Å². The molecule has 0 saturated carbocycles. The first kappa shape index (κ1) is 24.4. The second-order valence-corrected chi connectivity index (χ2v) is 9.38. The summed E-state index contributed by atoms with van der Waals surface area (Å²) in [7, 11) is 0. The maximum atomic E-state index is 13.9. The maximum Gasteiger partial charge on any atom is 0.413 e. The number of anilines is 1. The summed E-state index contributed by atoms with van der Waals surface area (Å²) in [5, 5.41) is 5.13. The van der Waals surface area contributed by atoms with Crippen molar-refractivity contribution in [2.24, 2.45) is 0 Å². The molecule has 0 aliphatic carbocycles. The Labute approximate surface area is 201 Å². The van der Waals surface area contributed by atoms with E-state index in [0.717, 1.165) is 12.1 Å². The first-order chi connectivity index (χ1) is 15.0. The number of carbonyl (C=O) groups excluding carboxylic acids is 3. The number of ether oxygens (including phenoxy) is 2. The number of halogens is 5. The summed E-state index contributed by atoms with van der Waals surface area (Å²) in [6.45, 7) is 0.749. The summed E-state index contributed by atoms with van der Waals surface area (Å²) >= 11 is 22.9. The van der Waals surface area contributed by atoms with Gasteiger partial charge in [0.2, 0.25) is 15.5 Å². The van der Waals surface area contributed by atoms with E-state index in [-0.39, 0.29) is 41.1 Å². The smallest absolute Gasteiger partial charge is 0.413 e. The van der Waals surface area contributed by atoms with Crippen LogP contribution in [-0.2, 0) is 20.8 Å². The Balaban J connectivity index is 2.08. The van der Waals surface area contributed by atoms with Crippen LogP contribution >= 0.6 is 46.4 Å². The number of fused-ring (bicyclic) bond motifs is 1. The van der Waals surface area contributed by atoms with Gasteiger partial charge in [-0.05, 0) is 25.1 Å². The van der Waals surface area contributed by atoms with Gasteiger partial charge in [-0.15, -0.1) is 0 Å². The zero-order valence-electron chi connectivity index (χ0n) is 16.3. The molecule has 0 radical (unpaired) electrons. The maximum absolute atomic E-state index is 13.9. The Kier molecular flexibility index (Phi) is 7.39. The number of hydrogen-bond acceptors (Lipinski definition) is 6. The minimum absolute atomic E-state index is 0.0421. The zero-order valence-corrected chi connectivity index (χ0v) is 19.3. The van der Waals surface area contributed by atoms with E-state index < -0.39 is 40.2 Å². The number of hydrogen-bond donors (Lipinski definition) is 2. The van der Waals surface area contributed by atoms with Gasteiger partial charge in [0, 0.05) is 10.6 Å². The average Bonchev–Trinajstić information content (AvgIpc) is 3.05. The Morgan fingerprint density at radius 3 is 2.72 bits per heavy atom. The number of imidazole rings is 1. The molecule has 1 aliphatic heterocycles. The van der Waals surface area contributed by atoms with Gasteiger partial charge in [0.1, 0.15) is 19.0 Å². The molecule has 2 amide bonds. The summed E-state index contributed by atoms with van der Waals surface area (Å²) in [4.78, 5) is 41.1. The largest absolute Gasteiger partial charge is 0.460 e. The van der Waals surface area contributed by atoms with Crippen molar-refractivity contribution in [3.63, 3.8) is 0 Å². The van der Waals surface area contributed by atoms with Crippen molar-refractivity contribution in [1.82, 2.24) is 14.9 Å². The van der Waals surface area contributed by atoms with Crippen molar-refractivity contribution in [2.45, 2.75) is 23.3 Å². The molecule has 0 bridgehead atoms. The fraction of sp³-hybridized carbons (Fsp3) is 0.333. The topological polar surface area (TPSA) is 112 Å². The molecule has 3 rings (SSSR count). The van der Waals surface area contributed by atoms with E-state index in [1.807, 2.05) is 0 Å². The summed E-state index contributed by atoms with van der Waals surface area (Å²) in [6.07, 6.45) is -1.05. The van der Waals surface area contributed by atoms with Crippen LogP contribution in [0.15, 0.2) is 18.2 Å². The lowest BCUT2D eigenvalue weighted by Gasteiger charge is -2.28. The van der Waals surface area contributed by atoms with Gasteiger partial charge < -0.3 is 19.4 Å². The predicted octanol–water partition coefficient (Wildman–Crippen LogP) is 3.99. The second kappa shape index (κ2) is 9.70. The molecule has 1 aromatic heterocycles. The third-order valence-corrected chi connectivity index (χ3v) is 4.87. The standard InChI is InChI=1S/C18H15Cl4FN4O5/c1-2-31-16(29)15-25-14(26-17(30)32-7-18(20,21)22)13-12(24-11(28)6-27(13)15)9-5-8(23)3-4-10(9)19/h3-5,12H,2,6-7H2,1H3,(H,24,28)(H,26,30). The molecule has 2 heterocycles. The van der Waals surface area contributed by atoms with E-state index in [1.54, 1.807) is 6.92 Å². The van der Waals surface area contributed by atoms with Gasteiger partial charge in [-0.3, -0.25) is 10.1 Å². The van der Waals surface area contributed by atoms with Crippen LogP contribution < -0.4 is 10.6 Å². The molecule has 32 heavy (non-hydrogen) atoms. The van der Waals surface area contributed by atoms with Crippen LogP contribution in [-0.4, -0.2) is 44.5 Å². The third kappa shape index (κ3) is 5.55. The molecular weight excluding hydrogens is 513 g/mol. The number of nitrogens with one attached hydrogen (secondary N) is 2. The van der Waals surface area contributed by atoms with Crippen LogP contribution in [0.4, 0.5) is 15.0 Å². The fourth-order valence-corrected chi connectivity index (χ4v) is 3.41. The Morgan fingerprint density at radius 1 is 1.34 bits per heavy atom. The van der Waals surface area contributed by atoms with Crippen molar-refractivity contribution in [1.29, 1.82) is 0 Å². The van der Waals surface area contributed by atoms with Crippen molar-refractivity contribution in [3.8, 4) is 0 Å². The van der Waals surface area contributed by atoms with Gasteiger partial charge in [0.15, 0.2) is 5.82 Å². The van der Waals surface area contributed by atoms with Gasteiger partial charge in [-0.1, -0.05) is 46.4 Å². The molecular formula is C18H15Cl4FN4O5. The number of benzene rings is 1. The monoisotopic (exact) mass is 526 g/mol. The van der Waals surface area contributed by atoms with Gasteiger partial charge in [-0.2, -0.15) is 0 Å². The Hall–Kier alpha value is -2.27. The second-order valence-electron chi connectivity index (χ2n) is 6.46. The molecule has 1 aliphatic rings. The summed E-state index contributed by atoms with van der Waals surface area (Å²) < 4.78 is 23.2. The molecule has 14 heteroatoms. The highest BCUT2D eigenvalue weighted by atomic mass is 35.6. The molecule has 1 unspecified atom stereocenters. The quantitative estimate of drug-likeness (QED) is 0.449. The number of esters is 1. The van der Waals surface area contributed by atoms with Crippen molar-refractivity contribution < 1.29 is 28.2 Å². The Morgan fingerprint density at radius 2 is 2.06 bits per heavy atom. The highest BCUT2D eigenvalue weighted by Crippen LogP contribution is 2.36. The molecule has 9 nitrogen and oxygen atoms in total. The lowest BCUT2D eigenvalue weighted by atomic mass is 10.0. The van der Waals surface area contributed by atoms with Crippen LogP contribution in [0.2, 0.25) is 5.02 Å². The molecule has 1 aromatic carbocycles. The van der Waals surface area contributed by atoms with Crippen LogP contribution in [0.3, 0.4) is 0 Å². The van der Waals surface area contributed by atoms with Crippen LogP contribution in [0.1, 0.15) is 34.8 Å². The summed E-state index contributed by atoms with van der Waals surface area (Å²) in [5.41, 5.74) is 0.319. The summed E-state index contributed by atoms with van der Waals surface area (Å²) in [6, 6.07) is 2.51. The first-order valence-corrected chi connectivity index (χ1v) is 10.5. The lowest BCUT2D eigenvalue weighted by molar-refractivity contribution is -0.123. The van der Waals surface area contributed by atoms with Crippen LogP contribution in [0.25, 0.3) is 0 Å². The van der Waals surface area contributed by atoms with Gasteiger partial charge in [-0.25, -0.2) is 19.0 Å². The molecule has 0 saturated heterocycles. The van der Waals surface area contributed by atoms with E-state index >= 15 is 0 Å². The van der Waals surface area contributed by atoms with E-state index in [1.165, 1.54) is 10.6 Å². The molecule has 0 spiro atoms. The van der Waals surface area contributed by atoms with E-state index in [0.29, 0.717) is 0 Å². The molecule has 0 fully saturated rings. The van der Waals surface area contributed by atoms with Crippen LogP contribution in [0, 0.1) is 5.82 Å². The van der Waals surface area contributed by atoms with Crippen molar-refractivity contribution >= 4 is 70.2 Å². The number of alkyl halides is 3. The third-order valence-electron chi connectivity index (χ3n) is 4.20. The Bertz CT molecular complexity index is 1070. The van der Waals surface area contributed by atoms with E-state index in [2.05, 4.69) is 15.6 Å². The lowest BCUT2D eigenvalue weighted by Crippen LogP contribution is -2.40. The van der Waals surface area contributed by atoms with Crippen LogP contribution in [0.5, 0.6) is 0 Å². The number of aromatic nitrogens is 2. The number of rotatable bonds is 5. The molecule has 2 aromatic rings. The zero-order chi connectivity index (χ0) is 23.6. The first-order valence-electron chi connectivity index (χ1n) is 9.02. The van der Waals surface area contributed by atoms with E-state index in [9.17, 15) is 18.8 Å². The average molecular weight is 528 g/mol. The van der Waals surface area contributed by atoms with Gasteiger partial charge in [0.05, 0.1) is 18.3 Å². The predicted molar refractivity (Wildman–Crippen MR) is 115 cm³/mol. The SMILES string of the molecule is CCOC(=O)c1nc(NC(=O)OCC(Cl)(Cl)Cl)c2n1CC(=O)NC2c1cc(F)ccc1Cl. The van der Waals surface area contributed by atoms with Crippen molar-refractivity contribution in [3.05, 3.63) is 46.1 Å². The number of amides is 2. The van der Waals surface area contributed by atoms with Gasteiger partial charge >= 0.3 is 12.1 Å². The molecule has 2 N–H and O–H groups in total. The molecule has 172 valence electrons. The van der Waals surface area contributed by atoms with E-state index in [4.69, 9.17) is 55.9 Å². The fourth-order valence-electron chi connectivity index (χ4n) is 3.02. The number of carbonyl (C=O) groups is 3.